The van der Waals surface area contributed by atoms with Crippen LogP contribution in [0.3, 0.4) is 0 Å². The van der Waals surface area contributed by atoms with Gasteiger partial charge in [-0.15, -0.1) is 0 Å². The standard InChI is InChI=1S/C22H28N2O3/c1-4-24(16(2)17-8-7-9-18(14-17)26-3)15-22(25)23-20-12-13-27-21-11-6-5-10-19(20)21/h5-11,14,16,20H,4,12-13,15H2,1-3H3,(H,23,25). The SMILES string of the molecule is CCN(CC(=O)NC1CCOc2ccccc21)C(C)c1cccc(OC)c1. The van der Waals surface area contributed by atoms with Crippen molar-refractivity contribution >= 4 is 5.91 Å². The van der Waals surface area contributed by atoms with E-state index in [1.165, 1.54) is 0 Å². The van der Waals surface area contributed by atoms with Crippen molar-refractivity contribution in [1.82, 2.24) is 10.2 Å². The molecular formula is C22H28N2O3. The summed E-state index contributed by atoms with van der Waals surface area (Å²) in [5.41, 5.74) is 2.20. The molecule has 0 aromatic heterocycles. The number of carbonyl (C=O) groups is 1. The van der Waals surface area contributed by atoms with Crippen molar-refractivity contribution in [3.05, 3.63) is 59.7 Å². The molecule has 0 spiro atoms. The molecule has 0 radical (unpaired) electrons. The predicted octanol–water partition coefficient (Wildman–Crippen LogP) is 3.72. The highest BCUT2D eigenvalue weighted by Gasteiger charge is 2.24. The number of likely N-dealkylation sites (N-methyl/N-ethyl adjacent to an activating group) is 1. The minimum atomic E-state index is 0.00767. The molecule has 3 rings (SSSR count). The fourth-order valence-corrected chi connectivity index (χ4v) is 3.55. The highest BCUT2D eigenvalue weighted by molar-refractivity contribution is 5.78. The van der Waals surface area contributed by atoms with E-state index in [-0.39, 0.29) is 18.0 Å². The minimum absolute atomic E-state index is 0.00767. The number of nitrogens with zero attached hydrogens (tertiary/aromatic N) is 1. The summed E-state index contributed by atoms with van der Waals surface area (Å²) in [6, 6.07) is 16.1. The molecule has 1 aliphatic rings. The van der Waals surface area contributed by atoms with Crippen molar-refractivity contribution in [2.75, 3.05) is 26.8 Å². The van der Waals surface area contributed by atoms with Crippen LogP contribution in [-0.4, -0.2) is 37.6 Å². The number of rotatable bonds is 7. The summed E-state index contributed by atoms with van der Waals surface area (Å²) in [6.45, 7) is 5.97. The first kappa shape index (κ1) is 19.2. The zero-order valence-electron chi connectivity index (χ0n) is 16.3. The highest BCUT2D eigenvalue weighted by atomic mass is 16.5. The Morgan fingerprint density at radius 1 is 1.30 bits per heavy atom. The number of carbonyl (C=O) groups excluding carboxylic acids is 1. The van der Waals surface area contributed by atoms with Crippen LogP contribution in [0.4, 0.5) is 0 Å². The van der Waals surface area contributed by atoms with Gasteiger partial charge in [-0.2, -0.15) is 0 Å². The Morgan fingerprint density at radius 3 is 2.89 bits per heavy atom. The Bertz CT molecular complexity index is 778. The number of para-hydroxylation sites is 1. The normalized spacial score (nSPS) is 17.0. The zero-order chi connectivity index (χ0) is 19.2. The fourth-order valence-electron chi connectivity index (χ4n) is 3.55. The van der Waals surface area contributed by atoms with E-state index >= 15 is 0 Å². The molecule has 1 aliphatic heterocycles. The van der Waals surface area contributed by atoms with Gasteiger partial charge in [0.15, 0.2) is 0 Å². The average Bonchev–Trinajstić information content (AvgIpc) is 2.72. The zero-order valence-corrected chi connectivity index (χ0v) is 16.3. The monoisotopic (exact) mass is 368 g/mol. The van der Waals surface area contributed by atoms with Crippen molar-refractivity contribution in [1.29, 1.82) is 0 Å². The first-order valence-corrected chi connectivity index (χ1v) is 9.51. The molecule has 2 aromatic carbocycles. The summed E-state index contributed by atoms with van der Waals surface area (Å²) in [4.78, 5) is 14.9. The van der Waals surface area contributed by atoms with Crippen molar-refractivity contribution in [3.63, 3.8) is 0 Å². The first-order chi connectivity index (χ1) is 13.1. The lowest BCUT2D eigenvalue weighted by Crippen LogP contribution is -2.41. The minimum Gasteiger partial charge on any atom is -0.497 e. The largest absolute Gasteiger partial charge is 0.497 e. The maximum atomic E-state index is 12.7. The van der Waals surface area contributed by atoms with Crippen molar-refractivity contribution in [2.45, 2.75) is 32.4 Å². The molecule has 144 valence electrons. The Labute approximate surface area is 161 Å². The van der Waals surface area contributed by atoms with Crippen LogP contribution < -0.4 is 14.8 Å². The van der Waals surface area contributed by atoms with Crippen molar-refractivity contribution in [2.24, 2.45) is 0 Å². The van der Waals surface area contributed by atoms with E-state index in [0.29, 0.717) is 13.2 Å². The van der Waals surface area contributed by atoms with Gasteiger partial charge in [0, 0.05) is 18.0 Å². The lowest BCUT2D eigenvalue weighted by atomic mass is 10.0. The number of methoxy groups -OCH3 is 1. The van der Waals surface area contributed by atoms with Gasteiger partial charge in [0.2, 0.25) is 5.91 Å². The molecule has 0 aliphatic carbocycles. The number of nitrogens with one attached hydrogen (secondary N) is 1. The molecule has 1 amide bonds. The van der Waals surface area contributed by atoms with Gasteiger partial charge in [-0.25, -0.2) is 0 Å². The van der Waals surface area contributed by atoms with Gasteiger partial charge in [0.25, 0.3) is 0 Å². The van der Waals surface area contributed by atoms with E-state index in [9.17, 15) is 4.79 Å². The molecule has 0 saturated heterocycles. The maximum Gasteiger partial charge on any atom is 0.234 e. The molecule has 0 saturated carbocycles. The number of fused-ring (bicyclic) bond motifs is 1. The molecule has 27 heavy (non-hydrogen) atoms. The summed E-state index contributed by atoms with van der Waals surface area (Å²) >= 11 is 0. The first-order valence-electron chi connectivity index (χ1n) is 9.51. The molecule has 5 heteroatoms. The van der Waals surface area contributed by atoms with Gasteiger partial charge in [-0.1, -0.05) is 37.3 Å². The Hall–Kier alpha value is -2.53. The van der Waals surface area contributed by atoms with Crippen LogP contribution >= 0.6 is 0 Å². The summed E-state index contributed by atoms with van der Waals surface area (Å²) in [6.07, 6.45) is 0.792. The number of ether oxygens (including phenoxy) is 2. The van der Waals surface area contributed by atoms with E-state index in [0.717, 1.165) is 35.6 Å². The second kappa shape index (κ2) is 8.91. The number of benzene rings is 2. The van der Waals surface area contributed by atoms with Crippen LogP contribution in [0, 0.1) is 0 Å². The fraction of sp³-hybridized carbons (Fsp3) is 0.409. The van der Waals surface area contributed by atoms with Gasteiger partial charge in [-0.05, 0) is 37.2 Å². The van der Waals surface area contributed by atoms with E-state index in [2.05, 4.69) is 30.1 Å². The lowest BCUT2D eigenvalue weighted by molar-refractivity contribution is -0.123. The maximum absolute atomic E-state index is 12.7. The van der Waals surface area contributed by atoms with Gasteiger partial charge in [-0.3, -0.25) is 9.69 Å². The Kier molecular flexibility index (Phi) is 6.35. The Morgan fingerprint density at radius 2 is 2.11 bits per heavy atom. The summed E-state index contributed by atoms with van der Waals surface area (Å²) in [5.74, 6) is 1.73. The Balaban J connectivity index is 1.65. The van der Waals surface area contributed by atoms with E-state index in [1.807, 2.05) is 42.5 Å². The summed E-state index contributed by atoms with van der Waals surface area (Å²) in [7, 11) is 1.67. The molecule has 0 bridgehead atoms. The van der Waals surface area contributed by atoms with E-state index in [1.54, 1.807) is 7.11 Å². The third-order valence-electron chi connectivity index (χ3n) is 5.17. The summed E-state index contributed by atoms with van der Waals surface area (Å²) in [5, 5.41) is 3.18. The quantitative estimate of drug-likeness (QED) is 0.809. The molecule has 2 atom stereocenters. The van der Waals surface area contributed by atoms with Crippen molar-refractivity contribution < 1.29 is 14.3 Å². The topological polar surface area (TPSA) is 50.8 Å². The lowest BCUT2D eigenvalue weighted by Gasteiger charge is -2.30. The molecule has 2 aromatic rings. The molecule has 1 heterocycles. The van der Waals surface area contributed by atoms with Crippen LogP contribution in [0.1, 0.15) is 43.5 Å². The van der Waals surface area contributed by atoms with Crippen molar-refractivity contribution in [3.8, 4) is 11.5 Å². The molecule has 2 unspecified atom stereocenters. The van der Waals surface area contributed by atoms with Crippen LogP contribution in [0.5, 0.6) is 11.5 Å². The molecule has 0 fully saturated rings. The van der Waals surface area contributed by atoms with E-state index in [4.69, 9.17) is 9.47 Å². The summed E-state index contributed by atoms with van der Waals surface area (Å²) < 4.78 is 11.0. The van der Waals surface area contributed by atoms with Crippen LogP contribution in [0.15, 0.2) is 48.5 Å². The van der Waals surface area contributed by atoms with Crippen LogP contribution in [0.25, 0.3) is 0 Å². The third kappa shape index (κ3) is 4.61. The smallest absolute Gasteiger partial charge is 0.234 e. The van der Waals surface area contributed by atoms with E-state index < -0.39 is 0 Å². The van der Waals surface area contributed by atoms with Crippen LogP contribution in [-0.2, 0) is 4.79 Å². The van der Waals surface area contributed by atoms with Gasteiger partial charge >= 0.3 is 0 Å². The van der Waals surface area contributed by atoms with Gasteiger partial charge in [0.1, 0.15) is 11.5 Å². The number of hydrogen-bond donors (Lipinski definition) is 1. The average molecular weight is 368 g/mol. The van der Waals surface area contributed by atoms with Crippen LogP contribution in [0.2, 0.25) is 0 Å². The number of amides is 1. The van der Waals surface area contributed by atoms with Gasteiger partial charge in [0.05, 0.1) is 26.3 Å². The third-order valence-corrected chi connectivity index (χ3v) is 5.17. The van der Waals surface area contributed by atoms with Gasteiger partial charge < -0.3 is 14.8 Å². The highest BCUT2D eigenvalue weighted by Crippen LogP contribution is 2.31. The molecule has 1 N–H and O–H groups in total. The number of hydrogen-bond acceptors (Lipinski definition) is 4. The second-order valence-electron chi connectivity index (χ2n) is 6.81. The predicted molar refractivity (Wildman–Crippen MR) is 106 cm³/mol. The molecule has 5 nitrogen and oxygen atoms in total. The molecular weight excluding hydrogens is 340 g/mol. The second-order valence-corrected chi connectivity index (χ2v) is 6.81.